The molecule has 0 radical (unpaired) electrons. The fraction of sp³-hybridized carbons (Fsp3) is 0.440. The molecule has 3 aromatic heterocycles. The number of hydrogen-bond acceptors (Lipinski definition) is 6. The second-order valence-corrected chi connectivity index (χ2v) is 10.0. The predicted molar refractivity (Wildman–Crippen MR) is 131 cm³/mol. The van der Waals surface area contributed by atoms with Gasteiger partial charge in [-0.15, -0.1) is 0 Å². The summed E-state index contributed by atoms with van der Waals surface area (Å²) < 4.78 is 16.1. The molecule has 4 N–H and O–H groups in total. The molecule has 0 unspecified atom stereocenters. The topological polar surface area (TPSA) is 110 Å². The van der Waals surface area contributed by atoms with E-state index in [1.165, 1.54) is 17.5 Å². The number of hydrogen-bond donors (Lipinski definition) is 3. The number of aromatic nitrogens is 6. The summed E-state index contributed by atoms with van der Waals surface area (Å²) in [4.78, 5) is 12.5. The van der Waals surface area contributed by atoms with Gasteiger partial charge in [0.05, 0.1) is 5.69 Å². The molecule has 0 bridgehead atoms. The molecule has 0 amide bonds. The van der Waals surface area contributed by atoms with Crippen LogP contribution in [0.15, 0.2) is 24.4 Å². The fourth-order valence-corrected chi connectivity index (χ4v) is 4.75. The number of nitrogen functional groups attached to an aromatic ring is 1. The van der Waals surface area contributed by atoms with Gasteiger partial charge in [0.2, 0.25) is 0 Å². The van der Waals surface area contributed by atoms with Crippen molar-refractivity contribution in [1.82, 2.24) is 35.0 Å². The Bertz CT molecular complexity index is 1320. The lowest BCUT2D eigenvalue weighted by molar-refractivity contribution is 0.413. The first kappa shape index (κ1) is 22.5. The van der Waals surface area contributed by atoms with Gasteiger partial charge < -0.3 is 15.6 Å². The Morgan fingerprint density at radius 3 is 2.68 bits per heavy atom. The highest BCUT2D eigenvalue weighted by Gasteiger charge is 2.21. The van der Waals surface area contributed by atoms with Crippen LogP contribution in [-0.2, 0) is 25.8 Å². The van der Waals surface area contributed by atoms with E-state index in [9.17, 15) is 4.39 Å². The van der Waals surface area contributed by atoms with Gasteiger partial charge in [0.1, 0.15) is 5.82 Å². The zero-order valence-corrected chi connectivity index (χ0v) is 20.0. The lowest BCUT2D eigenvalue weighted by Gasteiger charge is -2.20. The molecule has 34 heavy (non-hydrogen) atoms. The van der Waals surface area contributed by atoms with Gasteiger partial charge in [-0.2, -0.15) is 19.5 Å². The normalized spacial score (nSPS) is 13.6. The van der Waals surface area contributed by atoms with E-state index in [4.69, 9.17) is 10.7 Å². The van der Waals surface area contributed by atoms with Crippen LogP contribution in [-0.4, -0.2) is 41.8 Å². The van der Waals surface area contributed by atoms with Crippen LogP contribution in [0.25, 0.3) is 22.4 Å². The largest absolute Gasteiger partial charge is 0.382 e. The molecule has 1 aliphatic carbocycles. The highest BCUT2D eigenvalue weighted by atomic mass is 19.1. The highest BCUT2D eigenvalue weighted by molar-refractivity contribution is 5.82. The molecule has 178 valence electrons. The van der Waals surface area contributed by atoms with Gasteiger partial charge in [0.25, 0.3) is 0 Å². The molecule has 0 saturated carbocycles. The number of halogens is 1. The minimum Gasteiger partial charge on any atom is -0.382 e. The first-order valence-corrected chi connectivity index (χ1v) is 11.9. The van der Waals surface area contributed by atoms with Crippen LogP contribution in [0.4, 0.5) is 10.2 Å². The van der Waals surface area contributed by atoms with Gasteiger partial charge in [-0.25, -0.2) is 4.98 Å². The Balaban J connectivity index is 1.54. The number of aromatic amines is 1. The fourth-order valence-electron chi connectivity index (χ4n) is 4.75. The minimum absolute atomic E-state index is 0.0292. The summed E-state index contributed by atoms with van der Waals surface area (Å²) in [6.45, 7) is 7.88. The quantitative estimate of drug-likeness (QED) is 0.285. The third kappa shape index (κ3) is 4.52. The van der Waals surface area contributed by atoms with Crippen molar-refractivity contribution in [1.29, 1.82) is 0 Å². The molecule has 8 nitrogen and oxygen atoms in total. The average Bonchev–Trinajstić information content (AvgIpc) is 3.50. The van der Waals surface area contributed by atoms with Crippen molar-refractivity contribution in [2.45, 2.75) is 65.0 Å². The number of imidazole rings is 1. The Kier molecular flexibility index (Phi) is 5.81. The monoisotopic (exact) mass is 462 g/mol. The number of nitrogens with zero attached hydrogens (tertiary/aromatic N) is 5. The Morgan fingerprint density at radius 1 is 1.15 bits per heavy atom. The molecule has 3 heterocycles. The smallest absolute Gasteiger partial charge is 0.312 e. The second-order valence-electron chi connectivity index (χ2n) is 10.0. The number of anilines is 1. The van der Waals surface area contributed by atoms with Crippen LogP contribution in [0.5, 0.6) is 0 Å². The number of nitrogens with two attached hydrogens (primary N) is 1. The maximum atomic E-state index is 14.1. The van der Waals surface area contributed by atoms with E-state index in [1.807, 2.05) is 16.8 Å². The summed E-state index contributed by atoms with van der Waals surface area (Å²) in [5.74, 6) is 0.865. The van der Waals surface area contributed by atoms with Crippen molar-refractivity contribution >= 4 is 17.0 Å². The van der Waals surface area contributed by atoms with E-state index < -0.39 is 6.08 Å². The molecular formula is C25H31FN8. The molecule has 0 fully saturated rings. The van der Waals surface area contributed by atoms with Crippen LogP contribution < -0.4 is 11.1 Å². The van der Waals surface area contributed by atoms with Crippen LogP contribution >= 0.6 is 0 Å². The number of benzene rings is 1. The van der Waals surface area contributed by atoms with Crippen molar-refractivity contribution in [2.24, 2.45) is 0 Å². The summed E-state index contributed by atoms with van der Waals surface area (Å²) in [6, 6.07) is 6.54. The van der Waals surface area contributed by atoms with Crippen LogP contribution in [0.3, 0.4) is 0 Å². The minimum atomic E-state index is -0.833. The Hall–Kier alpha value is -3.33. The second kappa shape index (κ2) is 8.79. The summed E-state index contributed by atoms with van der Waals surface area (Å²) in [6.07, 6.45) is 5.77. The van der Waals surface area contributed by atoms with Gasteiger partial charge in [-0.3, -0.25) is 5.10 Å². The van der Waals surface area contributed by atoms with Crippen molar-refractivity contribution in [3.05, 3.63) is 53.0 Å². The lowest BCUT2D eigenvalue weighted by Crippen LogP contribution is -2.36. The van der Waals surface area contributed by atoms with Crippen LogP contribution in [0, 0.1) is 6.08 Å². The third-order valence-corrected chi connectivity index (χ3v) is 6.33. The molecule has 0 aliphatic heterocycles. The number of H-pyrrole nitrogens is 1. The van der Waals surface area contributed by atoms with Crippen molar-refractivity contribution in [2.75, 3.05) is 12.3 Å². The summed E-state index contributed by atoms with van der Waals surface area (Å²) in [5.41, 5.74) is 12.9. The van der Waals surface area contributed by atoms with Crippen molar-refractivity contribution < 1.29 is 4.39 Å². The molecule has 0 spiro atoms. The zero-order chi connectivity index (χ0) is 23.9. The van der Waals surface area contributed by atoms with Crippen molar-refractivity contribution in [3.63, 3.8) is 0 Å². The molecule has 9 heteroatoms. The van der Waals surface area contributed by atoms with E-state index in [-0.39, 0.29) is 11.4 Å². The molecule has 4 aromatic rings. The third-order valence-electron chi connectivity index (χ3n) is 6.33. The maximum Gasteiger partial charge on any atom is 0.312 e. The average molecular weight is 463 g/mol. The van der Waals surface area contributed by atoms with Gasteiger partial charge in [0, 0.05) is 30.3 Å². The predicted octanol–water partition coefficient (Wildman–Crippen LogP) is 3.80. The Labute approximate surface area is 198 Å². The highest BCUT2D eigenvalue weighted by Crippen LogP contribution is 2.32. The van der Waals surface area contributed by atoms with Gasteiger partial charge >= 0.3 is 6.08 Å². The summed E-state index contributed by atoms with van der Waals surface area (Å²) in [5, 5.41) is 10.9. The summed E-state index contributed by atoms with van der Waals surface area (Å²) >= 11 is 0. The molecular weight excluding hydrogens is 431 g/mol. The van der Waals surface area contributed by atoms with E-state index >= 15 is 0 Å². The van der Waals surface area contributed by atoms with Gasteiger partial charge in [-0.1, -0.05) is 6.07 Å². The molecule has 1 aromatic carbocycles. The number of aryl methyl sites for hydroxylation is 3. The lowest BCUT2D eigenvalue weighted by atomic mass is 9.95. The Morgan fingerprint density at radius 2 is 1.94 bits per heavy atom. The van der Waals surface area contributed by atoms with Gasteiger partial charge in [-0.05, 0) is 81.8 Å². The summed E-state index contributed by atoms with van der Waals surface area (Å²) in [7, 11) is 0. The van der Waals surface area contributed by atoms with Crippen molar-refractivity contribution in [3.8, 4) is 11.3 Å². The van der Waals surface area contributed by atoms with E-state index in [1.54, 1.807) is 0 Å². The zero-order valence-electron chi connectivity index (χ0n) is 20.0. The first-order valence-electron chi connectivity index (χ1n) is 11.9. The molecule has 0 atom stereocenters. The number of rotatable bonds is 7. The molecule has 5 rings (SSSR count). The van der Waals surface area contributed by atoms with Gasteiger partial charge in [0.15, 0.2) is 17.0 Å². The van der Waals surface area contributed by atoms with E-state index in [0.29, 0.717) is 24.1 Å². The molecule has 0 saturated heterocycles. The van der Waals surface area contributed by atoms with E-state index in [0.717, 1.165) is 48.5 Å². The number of fused-ring (bicyclic) bond motifs is 2. The number of nitrogens with one attached hydrogen (secondary N) is 2. The maximum absolute atomic E-state index is 14.1. The van der Waals surface area contributed by atoms with E-state index in [2.05, 4.69) is 58.4 Å². The SMILES string of the molecule is CC(C)(C)NCCCn1c(Cc2cc3c(cc2-c2cc[nH]n2)CCC3)nc2c(N)nc(F)nc21. The van der Waals surface area contributed by atoms with Crippen LogP contribution in [0.1, 0.15) is 56.1 Å². The molecule has 1 aliphatic rings. The van der Waals surface area contributed by atoms with Crippen LogP contribution in [0.2, 0.25) is 0 Å². The first-order chi connectivity index (χ1) is 16.3. The standard InChI is InChI=1S/C25H31FN8/c1-25(2,3)28-9-5-11-34-20(30-21-22(27)31-24(26)32-23(21)34)14-17-12-15-6-4-7-16(15)13-18(17)19-8-10-29-33-19/h8,10,12-13,28H,4-7,9,11,14H2,1-3H3,(H,29,33)(H2,27,31,32).